The number of nitrogens with one attached hydrogen (secondary N) is 1. The second-order valence-corrected chi connectivity index (χ2v) is 6.32. The first kappa shape index (κ1) is 22.7. The molecule has 0 aliphatic rings. The molecule has 0 radical (unpaired) electrons. The van der Waals surface area contributed by atoms with Crippen molar-refractivity contribution in [3.8, 4) is 17.2 Å². The lowest BCUT2D eigenvalue weighted by Gasteiger charge is -2.10. The quantitative estimate of drug-likeness (QED) is 0.443. The molecule has 0 spiro atoms. The van der Waals surface area contributed by atoms with Gasteiger partial charge in [0.1, 0.15) is 5.75 Å². The summed E-state index contributed by atoms with van der Waals surface area (Å²) in [6.07, 6.45) is 0.579. The largest absolute Gasteiger partial charge is 0.493 e. The van der Waals surface area contributed by atoms with Crippen LogP contribution in [0.1, 0.15) is 22.8 Å². The molecule has 0 saturated carbocycles. The van der Waals surface area contributed by atoms with Crippen molar-refractivity contribution in [1.82, 2.24) is 5.32 Å². The molecule has 0 aromatic heterocycles. The van der Waals surface area contributed by atoms with Crippen LogP contribution in [0.25, 0.3) is 0 Å². The van der Waals surface area contributed by atoms with E-state index in [2.05, 4.69) is 5.32 Å². The number of ether oxygens (including phenoxy) is 4. The van der Waals surface area contributed by atoms with E-state index in [9.17, 15) is 14.4 Å². The molecule has 8 nitrogen and oxygen atoms in total. The van der Waals surface area contributed by atoms with Gasteiger partial charge in [0.05, 0.1) is 14.2 Å². The van der Waals surface area contributed by atoms with Gasteiger partial charge in [-0.3, -0.25) is 9.59 Å². The Hall–Kier alpha value is -3.55. The Morgan fingerprint density at radius 3 is 2.40 bits per heavy atom. The van der Waals surface area contributed by atoms with E-state index in [1.807, 2.05) is 12.1 Å². The smallest absolute Gasteiger partial charge is 0.344 e. The van der Waals surface area contributed by atoms with Crippen molar-refractivity contribution in [2.75, 3.05) is 34.0 Å². The molecule has 0 heterocycles. The number of hydrogen-bond donors (Lipinski definition) is 1. The highest BCUT2D eigenvalue weighted by Crippen LogP contribution is 2.27. The average molecular weight is 415 g/mol. The SMILES string of the molecule is COc1ccc(CCNC(=O)COC(=O)COc2cccc(C(C)=O)c2)cc1OC. The summed E-state index contributed by atoms with van der Waals surface area (Å²) in [5, 5.41) is 2.68. The highest BCUT2D eigenvalue weighted by molar-refractivity contribution is 5.94. The van der Waals surface area contributed by atoms with Gasteiger partial charge in [-0.05, 0) is 43.2 Å². The van der Waals surface area contributed by atoms with Crippen molar-refractivity contribution in [3.63, 3.8) is 0 Å². The van der Waals surface area contributed by atoms with Crippen LogP contribution in [0.5, 0.6) is 17.2 Å². The molecule has 0 bridgehead atoms. The summed E-state index contributed by atoms with van der Waals surface area (Å²) >= 11 is 0. The van der Waals surface area contributed by atoms with Crippen molar-refractivity contribution in [1.29, 1.82) is 0 Å². The molecule has 0 atom stereocenters. The van der Waals surface area contributed by atoms with E-state index in [-0.39, 0.29) is 12.4 Å². The van der Waals surface area contributed by atoms with Crippen LogP contribution in [0.3, 0.4) is 0 Å². The number of benzene rings is 2. The number of rotatable bonds is 11. The molecule has 160 valence electrons. The van der Waals surface area contributed by atoms with E-state index in [1.165, 1.54) is 13.0 Å². The summed E-state index contributed by atoms with van der Waals surface area (Å²) in [5.41, 5.74) is 1.45. The molecule has 2 aromatic carbocycles. The number of amides is 1. The molecular formula is C22H25NO7. The predicted octanol–water partition coefficient (Wildman–Crippen LogP) is 2.19. The van der Waals surface area contributed by atoms with Crippen LogP contribution in [-0.4, -0.2) is 51.6 Å². The zero-order chi connectivity index (χ0) is 21.9. The van der Waals surface area contributed by atoms with E-state index in [4.69, 9.17) is 18.9 Å². The molecule has 1 amide bonds. The van der Waals surface area contributed by atoms with Gasteiger partial charge >= 0.3 is 5.97 Å². The van der Waals surface area contributed by atoms with Gasteiger partial charge in [0, 0.05) is 12.1 Å². The van der Waals surface area contributed by atoms with E-state index in [0.717, 1.165) is 5.56 Å². The molecule has 1 N–H and O–H groups in total. The fourth-order valence-electron chi connectivity index (χ4n) is 2.57. The van der Waals surface area contributed by atoms with E-state index >= 15 is 0 Å². The summed E-state index contributed by atoms with van der Waals surface area (Å²) in [7, 11) is 3.12. The maximum absolute atomic E-state index is 11.8. The fourth-order valence-corrected chi connectivity index (χ4v) is 2.57. The number of esters is 1. The minimum atomic E-state index is -0.682. The van der Waals surface area contributed by atoms with Crippen molar-refractivity contribution in [3.05, 3.63) is 53.6 Å². The first-order chi connectivity index (χ1) is 14.4. The Labute approximate surface area is 175 Å². The van der Waals surface area contributed by atoms with Gasteiger partial charge in [-0.2, -0.15) is 0 Å². The van der Waals surface area contributed by atoms with Gasteiger partial charge in [-0.25, -0.2) is 4.79 Å². The Balaban J connectivity index is 1.68. The summed E-state index contributed by atoms with van der Waals surface area (Å²) in [4.78, 5) is 34.9. The maximum Gasteiger partial charge on any atom is 0.344 e. The van der Waals surface area contributed by atoms with Crippen LogP contribution in [0, 0.1) is 0 Å². The third-order valence-corrected chi connectivity index (χ3v) is 4.15. The molecular weight excluding hydrogens is 390 g/mol. The molecule has 0 fully saturated rings. The fraction of sp³-hybridized carbons (Fsp3) is 0.318. The van der Waals surface area contributed by atoms with Crippen molar-refractivity contribution in [2.45, 2.75) is 13.3 Å². The molecule has 0 saturated heterocycles. The van der Waals surface area contributed by atoms with Gasteiger partial charge in [-0.1, -0.05) is 18.2 Å². The number of carbonyl (C=O) groups excluding carboxylic acids is 3. The summed E-state index contributed by atoms with van der Waals surface area (Å²) in [5.74, 6) is 0.420. The molecule has 0 aliphatic carbocycles. The lowest BCUT2D eigenvalue weighted by molar-refractivity contribution is -0.150. The second kappa shape index (κ2) is 11.5. The molecule has 2 rings (SSSR count). The zero-order valence-electron chi connectivity index (χ0n) is 17.2. The minimum Gasteiger partial charge on any atom is -0.493 e. The Kier molecular flexibility index (Phi) is 8.68. The highest BCUT2D eigenvalue weighted by atomic mass is 16.6. The minimum absolute atomic E-state index is 0.104. The topological polar surface area (TPSA) is 100 Å². The van der Waals surface area contributed by atoms with Gasteiger partial charge in [0.25, 0.3) is 5.91 Å². The van der Waals surface area contributed by atoms with Crippen LogP contribution in [0.2, 0.25) is 0 Å². The van der Waals surface area contributed by atoms with Crippen LogP contribution < -0.4 is 19.5 Å². The summed E-state index contributed by atoms with van der Waals surface area (Å²) in [6, 6.07) is 12.0. The standard InChI is InChI=1S/C22H25NO7/c1-15(24)17-5-4-6-18(12-17)29-14-22(26)30-13-21(25)23-10-9-16-7-8-19(27-2)20(11-16)28-3/h4-8,11-12H,9-10,13-14H2,1-3H3,(H,23,25). The Morgan fingerprint density at radius 2 is 1.70 bits per heavy atom. The second-order valence-electron chi connectivity index (χ2n) is 6.32. The van der Waals surface area contributed by atoms with Crippen LogP contribution in [-0.2, 0) is 20.7 Å². The number of hydrogen-bond acceptors (Lipinski definition) is 7. The summed E-state index contributed by atoms with van der Waals surface area (Å²) < 4.78 is 20.6. The zero-order valence-corrected chi connectivity index (χ0v) is 17.2. The first-order valence-electron chi connectivity index (χ1n) is 9.30. The molecule has 8 heteroatoms. The van der Waals surface area contributed by atoms with E-state index in [0.29, 0.717) is 35.8 Å². The van der Waals surface area contributed by atoms with Crippen molar-refractivity contribution < 1.29 is 33.3 Å². The first-order valence-corrected chi connectivity index (χ1v) is 9.30. The van der Waals surface area contributed by atoms with E-state index < -0.39 is 18.5 Å². The van der Waals surface area contributed by atoms with Crippen molar-refractivity contribution >= 4 is 17.7 Å². The predicted molar refractivity (Wildman–Crippen MR) is 109 cm³/mol. The number of ketones is 1. The van der Waals surface area contributed by atoms with Gasteiger partial charge < -0.3 is 24.3 Å². The van der Waals surface area contributed by atoms with Crippen LogP contribution in [0.15, 0.2) is 42.5 Å². The molecule has 2 aromatic rings. The Bertz CT molecular complexity index is 895. The number of methoxy groups -OCH3 is 2. The monoisotopic (exact) mass is 415 g/mol. The van der Waals surface area contributed by atoms with Crippen LogP contribution >= 0.6 is 0 Å². The Morgan fingerprint density at radius 1 is 0.933 bits per heavy atom. The lowest BCUT2D eigenvalue weighted by atomic mass is 10.1. The molecule has 0 unspecified atom stereocenters. The third kappa shape index (κ3) is 7.12. The summed E-state index contributed by atoms with van der Waals surface area (Å²) in [6.45, 7) is 1.05. The average Bonchev–Trinajstić information content (AvgIpc) is 2.76. The lowest BCUT2D eigenvalue weighted by Crippen LogP contribution is -2.31. The van der Waals surface area contributed by atoms with Crippen molar-refractivity contribution in [2.24, 2.45) is 0 Å². The third-order valence-electron chi connectivity index (χ3n) is 4.15. The maximum atomic E-state index is 11.8. The molecule has 30 heavy (non-hydrogen) atoms. The van der Waals surface area contributed by atoms with E-state index in [1.54, 1.807) is 38.5 Å². The number of Topliss-reactive ketones (excluding diaryl/α,β-unsaturated/α-hetero) is 1. The van der Waals surface area contributed by atoms with Gasteiger partial charge in [0.15, 0.2) is 30.5 Å². The van der Waals surface area contributed by atoms with Crippen LogP contribution in [0.4, 0.5) is 0 Å². The van der Waals surface area contributed by atoms with Gasteiger partial charge in [-0.15, -0.1) is 0 Å². The highest BCUT2D eigenvalue weighted by Gasteiger charge is 2.10. The normalized spacial score (nSPS) is 10.1. The molecule has 0 aliphatic heterocycles. The van der Waals surface area contributed by atoms with Gasteiger partial charge in [0.2, 0.25) is 0 Å². The number of carbonyl (C=O) groups is 3.